The van der Waals surface area contributed by atoms with Gasteiger partial charge in [-0.25, -0.2) is 4.98 Å². The van der Waals surface area contributed by atoms with E-state index < -0.39 is 11.7 Å². The second-order valence-corrected chi connectivity index (χ2v) is 6.81. The Morgan fingerprint density at radius 3 is 2.34 bits per heavy atom. The zero-order valence-electron chi connectivity index (χ0n) is 15.5. The third kappa shape index (κ3) is 4.47. The zero-order valence-corrected chi connectivity index (χ0v) is 15.5. The molecule has 3 aromatic rings. The van der Waals surface area contributed by atoms with Crippen LogP contribution in [0, 0.1) is 0 Å². The van der Waals surface area contributed by atoms with Gasteiger partial charge >= 0.3 is 6.18 Å². The number of rotatable bonds is 4. The van der Waals surface area contributed by atoms with Gasteiger partial charge in [0.15, 0.2) is 0 Å². The Balaban J connectivity index is 1.42. The van der Waals surface area contributed by atoms with Gasteiger partial charge in [-0.05, 0) is 12.1 Å². The number of halogens is 3. The molecule has 1 saturated heterocycles. The maximum Gasteiger partial charge on any atom is 0.419 e. The van der Waals surface area contributed by atoms with Crippen LogP contribution in [0.3, 0.4) is 0 Å². The maximum absolute atomic E-state index is 13.2. The topological polar surface area (TPSA) is 51.1 Å². The molecule has 29 heavy (non-hydrogen) atoms. The minimum absolute atomic E-state index is 0.123. The van der Waals surface area contributed by atoms with Crippen molar-refractivity contribution >= 4 is 5.95 Å². The summed E-state index contributed by atoms with van der Waals surface area (Å²) >= 11 is 0. The van der Waals surface area contributed by atoms with Crippen molar-refractivity contribution < 1.29 is 17.9 Å². The summed E-state index contributed by atoms with van der Waals surface area (Å²) in [5, 5.41) is 8.17. The zero-order chi connectivity index (χ0) is 20.3. The summed E-state index contributed by atoms with van der Waals surface area (Å²) < 4.78 is 45.1. The first kappa shape index (κ1) is 19.2. The van der Waals surface area contributed by atoms with Gasteiger partial charge in [-0.2, -0.15) is 18.3 Å². The summed E-state index contributed by atoms with van der Waals surface area (Å²) in [7, 11) is 0. The highest BCUT2D eigenvalue weighted by Gasteiger charge is 2.35. The van der Waals surface area contributed by atoms with Crippen molar-refractivity contribution in [3.05, 3.63) is 66.4 Å². The van der Waals surface area contributed by atoms with Gasteiger partial charge in [0.2, 0.25) is 5.95 Å². The molecule has 5 nitrogen and oxygen atoms in total. The molecule has 1 aliphatic rings. The molecule has 150 valence electrons. The van der Waals surface area contributed by atoms with Crippen molar-refractivity contribution in [2.24, 2.45) is 0 Å². The molecule has 0 spiro atoms. The summed E-state index contributed by atoms with van der Waals surface area (Å²) in [6.07, 6.45) is -1.96. The van der Waals surface area contributed by atoms with Gasteiger partial charge in [0.1, 0.15) is 11.9 Å². The van der Waals surface area contributed by atoms with Gasteiger partial charge in [-0.1, -0.05) is 42.5 Å². The second-order valence-electron chi connectivity index (χ2n) is 6.81. The highest BCUT2D eigenvalue weighted by molar-refractivity contribution is 5.58. The molecule has 0 bridgehead atoms. The van der Waals surface area contributed by atoms with Crippen molar-refractivity contribution in [2.45, 2.75) is 25.1 Å². The van der Waals surface area contributed by atoms with E-state index in [1.807, 2.05) is 35.2 Å². The Labute approximate surface area is 166 Å². The van der Waals surface area contributed by atoms with Gasteiger partial charge in [0.05, 0.1) is 17.5 Å². The van der Waals surface area contributed by atoms with E-state index in [-0.39, 0.29) is 11.9 Å². The molecule has 0 saturated carbocycles. The van der Waals surface area contributed by atoms with Crippen LogP contribution in [0.5, 0.6) is 5.75 Å². The Morgan fingerprint density at radius 1 is 0.931 bits per heavy atom. The van der Waals surface area contributed by atoms with E-state index in [9.17, 15) is 13.2 Å². The van der Waals surface area contributed by atoms with E-state index in [1.165, 1.54) is 12.1 Å². The number of ether oxygens (including phenoxy) is 1. The molecule has 0 aliphatic carbocycles. The Hall–Kier alpha value is -3.16. The fraction of sp³-hybridized carbons (Fsp3) is 0.286. The molecule has 1 aromatic heterocycles. The van der Waals surface area contributed by atoms with Crippen LogP contribution in [0.15, 0.2) is 60.8 Å². The molecule has 0 N–H and O–H groups in total. The van der Waals surface area contributed by atoms with Gasteiger partial charge in [0, 0.05) is 31.5 Å². The molecule has 1 fully saturated rings. The van der Waals surface area contributed by atoms with E-state index >= 15 is 0 Å². The summed E-state index contributed by atoms with van der Waals surface area (Å²) in [4.78, 5) is 6.57. The molecular formula is C21H19F3N4O. The van der Waals surface area contributed by atoms with Crippen LogP contribution in [0.4, 0.5) is 19.1 Å². The van der Waals surface area contributed by atoms with Crippen molar-refractivity contribution in [1.29, 1.82) is 0 Å². The van der Waals surface area contributed by atoms with Gasteiger partial charge in [0.25, 0.3) is 0 Å². The predicted molar refractivity (Wildman–Crippen MR) is 103 cm³/mol. The SMILES string of the molecule is FC(F)(F)c1ccccc1OC1CCN(c2nncc(-c3ccccc3)n2)CC1. The first-order valence-corrected chi connectivity index (χ1v) is 9.34. The van der Waals surface area contributed by atoms with E-state index in [1.54, 1.807) is 12.3 Å². The van der Waals surface area contributed by atoms with E-state index in [0.29, 0.717) is 31.9 Å². The standard InChI is InChI=1S/C21H19F3N4O/c22-21(23,24)17-8-4-5-9-19(17)29-16-10-12-28(13-11-16)20-26-18(14-25-27-20)15-6-2-1-3-7-15/h1-9,14,16H,10-13H2. The first-order chi connectivity index (χ1) is 14.0. The molecule has 0 radical (unpaired) electrons. The van der Waals surface area contributed by atoms with Crippen LogP contribution in [-0.4, -0.2) is 34.4 Å². The molecule has 2 heterocycles. The van der Waals surface area contributed by atoms with Crippen LogP contribution in [0.25, 0.3) is 11.3 Å². The predicted octanol–water partition coefficient (Wildman–Crippen LogP) is 4.61. The molecule has 4 rings (SSSR count). The van der Waals surface area contributed by atoms with Crippen molar-refractivity contribution in [2.75, 3.05) is 18.0 Å². The minimum atomic E-state index is -4.44. The van der Waals surface area contributed by atoms with Gasteiger partial charge in [-0.15, -0.1) is 5.10 Å². The molecule has 1 aliphatic heterocycles. The van der Waals surface area contributed by atoms with Crippen LogP contribution < -0.4 is 9.64 Å². The molecule has 8 heteroatoms. The third-order valence-electron chi connectivity index (χ3n) is 4.83. The lowest BCUT2D eigenvalue weighted by Crippen LogP contribution is -2.39. The molecular weight excluding hydrogens is 381 g/mol. The minimum Gasteiger partial charge on any atom is -0.490 e. The Bertz CT molecular complexity index is 957. The Morgan fingerprint density at radius 2 is 1.62 bits per heavy atom. The summed E-state index contributed by atoms with van der Waals surface area (Å²) in [5.74, 6) is 0.392. The number of para-hydroxylation sites is 1. The third-order valence-corrected chi connectivity index (χ3v) is 4.83. The van der Waals surface area contributed by atoms with Crippen molar-refractivity contribution in [3.63, 3.8) is 0 Å². The number of aromatic nitrogens is 3. The normalized spacial score (nSPS) is 15.3. The van der Waals surface area contributed by atoms with Crippen molar-refractivity contribution in [3.8, 4) is 17.0 Å². The summed E-state index contributed by atoms with van der Waals surface area (Å²) in [6, 6.07) is 15.0. The fourth-order valence-corrected chi connectivity index (χ4v) is 3.33. The number of alkyl halides is 3. The van der Waals surface area contributed by atoms with E-state index in [2.05, 4.69) is 15.2 Å². The highest BCUT2D eigenvalue weighted by atomic mass is 19.4. The van der Waals surface area contributed by atoms with E-state index in [0.717, 1.165) is 17.3 Å². The van der Waals surface area contributed by atoms with Gasteiger partial charge in [-0.3, -0.25) is 0 Å². The highest BCUT2D eigenvalue weighted by Crippen LogP contribution is 2.37. The number of hydrogen-bond acceptors (Lipinski definition) is 5. The molecule has 0 atom stereocenters. The summed E-state index contributed by atoms with van der Waals surface area (Å²) in [6.45, 7) is 1.16. The van der Waals surface area contributed by atoms with Gasteiger partial charge < -0.3 is 9.64 Å². The molecule has 0 amide bonds. The summed E-state index contributed by atoms with van der Waals surface area (Å²) in [5.41, 5.74) is 0.934. The van der Waals surface area contributed by atoms with Crippen LogP contribution >= 0.6 is 0 Å². The number of anilines is 1. The van der Waals surface area contributed by atoms with Crippen LogP contribution in [-0.2, 0) is 6.18 Å². The molecule has 0 unspecified atom stereocenters. The Kier molecular flexibility index (Phi) is 5.33. The average molecular weight is 400 g/mol. The van der Waals surface area contributed by atoms with Crippen molar-refractivity contribution in [1.82, 2.24) is 15.2 Å². The fourth-order valence-electron chi connectivity index (χ4n) is 3.33. The lowest BCUT2D eigenvalue weighted by Gasteiger charge is -2.32. The quantitative estimate of drug-likeness (QED) is 0.640. The van der Waals surface area contributed by atoms with E-state index in [4.69, 9.17) is 4.74 Å². The van der Waals surface area contributed by atoms with Crippen LogP contribution in [0.1, 0.15) is 18.4 Å². The lowest BCUT2D eigenvalue weighted by atomic mass is 10.1. The monoisotopic (exact) mass is 400 g/mol. The number of nitrogens with zero attached hydrogens (tertiary/aromatic N) is 4. The smallest absolute Gasteiger partial charge is 0.419 e. The second kappa shape index (κ2) is 8.06. The number of piperidine rings is 1. The average Bonchev–Trinajstić information content (AvgIpc) is 2.75. The maximum atomic E-state index is 13.2. The first-order valence-electron chi connectivity index (χ1n) is 9.34. The molecule has 2 aromatic carbocycles. The lowest BCUT2D eigenvalue weighted by molar-refractivity contribution is -0.139. The van der Waals surface area contributed by atoms with Crippen LogP contribution in [0.2, 0.25) is 0 Å². The number of hydrogen-bond donors (Lipinski definition) is 0. The number of benzene rings is 2. The largest absolute Gasteiger partial charge is 0.490 e.